The van der Waals surface area contributed by atoms with Crippen molar-refractivity contribution in [3.8, 4) is 11.5 Å². The fourth-order valence-corrected chi connectivity index (χ4v) is 1.21. The highest BCUT2D eigenvalue weighted by molar-refractivity contribution is 5.51. The van der Waals surface area contributed by atoms with Crippen molar-refractivity contribution in [1.82, 2.24) is 0 Å². The topological polar surface area (TPSA) is 44.5 Å². The van der Waals surface area contributed by atoms with Gasteiger partial charge in [0, 0.05) is 11.8 Å². The number of benzene rings is 1. The molecule has 0 aliphatic carbocycles. The van der Waals surface area contributed by atoms with Gasteiger partial charge in [0.2, 0.25) is 0 Å². The Labute approximate surface area is 91.2 Å². The molecule has 0 saturated carbocycles. The molecule has 2 N–H and O–H groups in total. The standard InChI is InChI=1S/C12H19NO2/c1-9(2)6-7-15-11-5-4-10(13)8-12(11)14-3/h4-5,8-9H,6-7,13H2,1-3H3. The van der Waals surface area contributed by atoms with Gasteiger partial charge in [-0.3, -0.25) is 0 Å². The largest absolute Gasteiger partial charge is 0.493 e. The van der Waals surface area contributed by atoms with Crippen molar-refractivity contribution in [2.75, 3.05) is 19.5 Å². The molecule has 0 aliphatic rings. The Morgan fingerprint density at radius 2 is 2.00 bits per heavy atom. The fourth-order valence-electron chi connectivity index (χ4n) is 1.21. The molecule has 1 rings (SSSR count). The fraction of sp³-hybridized carbons (Fsp3) is 0.500. The lowest BCUT2D eigenvalue weighted by molar-refractivity contribution is 0.273. The quantitative estimate of drug-likeness (QED) is 0.758. The van der Waals surface area contributed by atoms with E-state index < -0.39 is 0 Å². The summed E-state index contributed by atoms with van der Waals surface area (Å²) in [5.41, 5.74) is 6.33. The van der Waals surface area contributed by atoms with E-state index in [0.29, 0.717) is 24.0 Å². The third-order valence-corrected chi connectivity index (χ3v) is 2.14. The van der Waals surface area contributed by atoms with Gasteiger partial charge in [-0.25, -0.2) is 0 Å². The number of rotatable bonds is 5. The average Bonchev–Trinajstić information content (AvgIpc) is 2.19. The summed E-state index contributed by atoms with van der Waals surface area (Å²) in [6.07, 6.45) is 1.04. The van der Waals surface area contributed by atoms with Crippen LogP contribution >= 0.6 is 0 Å². The second kappa shape index (κ2) is 5.49. The summed E-state index contributed by atoms with van der Waals surface area (Å²) >= 11 is 0. The van der Waals surface area contributed by atoms with Gasteiger partial charge >= 0.3 is 0 Å². The molecule has 3 heteroatoms. The third-order valence-electron chi connectivity index (χ3n) is 2.14. The SMILES string of the molecule is COc1cc(N)ccc1OCCC(C)C. The van der Waals surface area contributed by atoms with Crippen molar-refractivity contribution in [2.24, 2.45) is 5.92 Å². The van der Waals surface area contributed by atoms with E-state index in [4.69, 9.17) is 15.2 Å². The van der Waals surface area contributed by atoms with Gasteiger partial charge in [-0.1, -0.05) is 13.8 Å². The van der Waals surface area contributed by atoms with Gasteiger partial charge in [-0.2, -0.15) is 0 Å². The number of ether oxygens (including phenoxy) is 2. The molecule has 3 nitrogen and oxygen atoms in total. The maximum absolute atomic E-state index is 5.64. The lowest BCUT2D eigenvalue weighted by Gasteiger charge is -2.11. The van der Waals surface area contributed by atoms with Gasteiger partial charge < -0.3 is 15.2 Å². The zero-order valence-electron chi connectivity index (χ0n) is 9.62. The third kappa shape index (κ3) is 3.70. The minimum Gasteiger partial charge on any atom is -0.493 e. The van der Waals surface area contributed by atoms with Crippen molar-refractivity contribution < 1.29 is 9.47 Å². The summed E-state index contributed by atoms with van der Waals surface area (Å²) in [6, 6.07) is 5.42. The zero-order chi connectivity index (χ0) is 11.3. The first-order chi connectivity index (χ1) is 7.13. The van der Waals surface area contributed by atoms with Crippen molar-refractivity contribution in [1.29, 1.82) is 0 Å². The van der Waals surface area contributed by atoms with E-state index in [9.17, 15) is 0 Å². The van der Waals surface area contributed by atoms with Crippen LogP contribution in [-0.4, -0.2) is 13.7 Å². The van der Waals surface area contributed by atoms with Crippen molar-refractivity contribution in [2.45, 2.75) is 20.3 Å². The summed E-state index contributed by atoms with van der Waals surface area (Å²) in [5.74, 6) is 2.09. The molecule has 0 spiro atoms. The molecule has 0 bridgehead atoms. The van der Waals surface area contributed by atoms with Crippen molar-refractivity contribution in [3.05, 3.63) is 18.2 Å². The molecule has 0 saturated heterocycles. The molecule has 0 aliphatic heterocycles. The van der Waals surface area contributed by atoms with Gasteiger partial charge in [-0.15, -0.1) is 0 Å². The van der Waals surface area contributed by atoms with Crippen LogP contribution in [-0.2, 0) is 0 Å². The van der Waals surface area contributed by atoms with E-state index in [-0.39, 0.29) is 0 Å². The van der Waals surface area contributed by atoms with Crippen LogP contribution in [0.1, 0.15) is 20.3 Å². The number of nitrogen functional groups attached to an aromatic ring is 1. The molecule has 1 aromatic rings. The molecule has 1 aromatic carbocycles. The molecule has 0 atom stereocenters. The molecule has 0 aromatic heterocycles. The first-order valence-corrected chi connectivity index (χ1v) is 5.19. The van der Waals surface area contributed by atoms with Crippen LogP contribution in [0.2, 0.25) is 0 Å². The summed E-state index contributed by atoms with van der Waals surface area (Å²) in [7, 11) is 1.62. The molecular formula is C12H19NO2. The summed E-state index contributed by atoms with van der Waals surface area (Å²) in [6.45, 7) is 5.05. The highest BCUT2D eigenvalue weighted by Gasteiger charge is 2.04. The molecule has 15 heavy (non-hydrogen) atoms. The van der Waals surface area contributed by atoms with Crippen LogP contribution in [0.3, 0.4) is 0 Å². The van der Waals surface area contributed by atoms with E-state index in [1.165, 1.54) is 0 Å². The molecule has 0 heterocycles. The Morgan fingerprint density at radius 3 is 2.60 bits per heavy atom. The number of hydrogen-bond donors (Lipinski definition) is 1. The van der Waals surface area contributed by atoms with Crippen molar-refractivity contribution in [3.63, 3.8) is 0 Å². The number of nitrogens with two attached hydrogens (primary N) is 1. The Bertz CT molecular complexity index is 310. The summed E-state index contributed by atoms with van der Waals surface area (Å²) in [5, 5.41) is 0. The molecule has 0 unspecified atom stereocenters. The number of methoxy groups -OCH3 is 1. The Hall–Kier alpha value is -1.38. The highest BCUT2D eigenvalue weighted by Crippen LogP contribution is 2.29. The first kappa shape index (κ1) is 11.7. The van der Waals surface area contributed by atoms with E-state index in [1.54, 1.807) is 13.2 Å². The normalized spacial score (nSPS) is 10.4. The Kier molecular flexibility index (Phi) is 4.28. The zero-order valence-corrected chi connectivity index (χ0v) is 9.62. The average molecular weight is 209 g/mol. The monoisotopic (exact) mass is 209 g/mol. The summed E-state index contributed by atoms with van der Waals surface area (Å²) in [4.78, 5) is 0. The Balaban J connectivity index is 2.60. The predicted octanol–water partition coefficient (Wildman–Crippen LogP) is 2.70. The molecule has 0 fully saturated rings. The van der Waals surface area contributed by atoms with Crippen LogP contribution < -0.4 is 15.2 Å². The van der Waals surface area contributed by atoms with Crippen LogP contribution in [0.15, 0.2) is 18.2 Å². The molecule has 84 valence electrons. The van der Waals surface area contributed by atoms with E-state index in [1.807, 2.05) is 12.1 Å². The second-order valence-corrected chi connectivity index (χ2v) is 3.94. The van der Waals surface area contributed by atoms with Crippen LogP contribution in [0.5, 0.6) is 11.5 Å². The minimum atomic E-state index is 0.643. The van der Waals surface area contributed by atoms with E-state index in [0.717, 1.165) is 12.2 Å². The van der Waals surface area contributed by atoms with E-state index >= 15 is 0 Å². The first-order valence-electron chi connectivity index (χ1n) is 5.19. The summed E-state index contributed by atoms with van der Waals surface area (Å²) < 4.78 is 10.8. The number of anilines is 1. The van der Waals surface area contributed by atoms with Gasteiger partial charge in [0.25, 0.3) is 0 Å². The van der Waals surface area contributed by atoms with Crippen LogP contribution in [0.25, 0.3) is 0 Å². The predicted molar refractivity (Wildman–Crippen MR) is 62.4 cm³/mol. The lowest BCUT2D eigenvalue weighted by Crippen LogP contribution is -2.02. The van der Waals surface area contributed by atoms with Gasteiger partial charge in [0.1, 0.15) is 0 Å². The lowest BCUT2D eigenvalue weighted by atomic mass is 10.1. The van der Waals surface area contributed by atoms with Crippen LogP contribution in [0, 0.1) is 5.92 Å². The van der Waals surface area contributed by atoms with E-state index in [2.05, 4.69) is 13.8 Å². The maximum atomic E-state index is 5.64. The maximum Gasteiger partial charge on any atom is 0.162 e. The molecule has 0 amide bonds. The van der Waals surface area contributed by atoms with Gasteiger partial charge in [0.15, 0.2) is 11.5 Å². The Morgan fingerprint density at radius 1 is 1.27 bits per heavy atom. The van der Waals surface area contributed by atoms with Gasteiger partial charge in [-0.05, 0) is 24.5 Å². The number of hydrogen-bond acceptors (Lipinski definition) is 3. The van der Waals surface area contributed by atoms with Crippen molar-refractivity contribution >= 4 is 5.69 Å². The van der Waals surface area contributed by atoms with Crippen LogP contribution in [0.4, 0.5) is 5.69 Å². The second-order valence-electron chi connectivity index (χ2n) is 3.94. The molecule has 0 radical (unpaired) electrons. The highest BCUT2D eigenvalue weighted by atomic mass is 16.5. The van der Waals surface area contributed by atoms with Gasteiger partial charge in [0.05, 0.1) is 13.7 Å². The smallest absolute Gasteiger partial charge is 0.162 e. The molecular weight excluding hydrogens is 190 g/mol. The minimum absolute atomic E-state index is 0.643.